The Bertz CT molecular complexity index is 529. The average molecular weight is 250 g/mol. The van der Waals surface area contributed by atoms with Crippen LogP contribution in [0.3, 0.4) is 0 Å². The van der Waals surface area contributed by atoms with Gasteiger partial charge in [-0.05, 0) is 36.8 Å². The molecule has 3 nitrogen and oxygen atoms in total. The molecule has 2 rings (SSSR count). The van der Waals surface area contributed by atoms with Crippen molar-refractivity contribution in [2.75, 3.05) is 0 Å². The second-order valence-electron chi connectivity index (χ2n) is 3.64. The highest BCUT2D eigenvalue weighted by Gasteiger charge is 2.03. The Morgan fingerprint density at radius 2 is 2.12 bits per heavy atom. The van der Waals surface area contributed by atoms with E-state index in [-0.39, 0.29) is 6.61 Å². The van der Waals surface area contributed by atoms with Crippen LogP contribution in [0.25, 0.3) is 0 Å². The summed E-state index contributed by atoms with van der Waals surface area (Å²) in [5.74, 6) is 1.17. The van der Waals surface area contributed by atoms with Crippen molar-refractivity contribution in [2.45, 2.75) is 13.5 Å². The zero-order valence-corrected chi connectivity index (χ0v) is 10.1. The first kappa shape index (κ1) is 11.9. The Morgan fingerprint density at radius 1 is 1.29 bits per heavy atom. The van der Waals surface area contributed by atoms with Gasteiger partial charge >= 0.3 is 0 Å². The minimum atomic E-state index is -0.100. The number of aliphatic hydroxyl groups excluding tert-OH is 1. The van der Waals surface area contributed by atoms with Crippen LogP contribution in [0.5, 0.6) is 11.6 Å². The minimum absolute atomic E-state index is 0.100. The maximum Gasteiger partial charge on any atom is 0.219 e. The summed E-state index contributed by atoms with van der Waals surface area (Å²) in [5.41, 5.74) is 1.52. The topological polar surface area (TPSA) is 42.4 Å². The molecule has 88 valence electrons. The third kappa shape index (κ3) is 2.96. The number of halogens is 1. The van der Waals surface area contributed by atoms with Crippen LogP contribution in [0.15, 0.2) is 36.4 Å². The lowest BCUT2D eigenvalue weighted by atomic mass is 10.2. The highest BCUT2D eigenvalue weighted by Crippen LogP contribution is 2.26. The molecule has 0 fully saturated rings. The van der Waals surface area contributed by atoms with Crippen LogP contribution in [0.4, 0.5) is 0 Å². The molecule has 1 aromatic heterocycles. The van der Waals surface area contributed by atoms with Crippen molar-refractivity contribution < 1.29 is 9.84 Å². The van der Waals surface area contributed by atoms with Gasteiger partial charge in [-0.3, -0.25) is 0 Å². The number of ether oxygens (including phenoxy) is 1. The van der Waals surface area contributed by atoms with E-state index in [2.05, 4.69) is 4.98 Å². The first-order chi connectivity index (χ1) is 8.19. The summed E-state index contributed by atoms with van der Waals surface area (Å²) in [6.45, 7) is 1.81. The number of nitrogens with zero attached hydrogens (tertiary/aromatic N) is 1. The zero-order chi connectivity index (χ0) is 12.3. The van der Waals surface area contributed by atoms with Crippen molar-refractivity contribution in [3.05, 3.63) is 52.7 Å². The molecule has 0 aliphatic carbocycles. The lowest BCUT2D eigenvalue weighted by molar-refractivity contribution is 0.275. The lowest BCUT2D eigenvalue weighted by Crippen LogP contribution is -1.94. The maximum atomic E-state index is 8.98. The molecule has 0 saturated heterocycles. The molecule has 0 atom stereocenters. The first-order valence-electron chi connectivity index (χ1n) is 5.20. The Kier molecular flexibility index (Phi) is 3.61. The SMILES string of the molecule is Cc1cc(Cl)ccc1Oc1cccc(CO)n1. The molecule has 1 heterocycles. The van der Waals surface area contributed by atoms with E-state index in [4.69, 9.17) is 21.4 Å². The molecule has 0 aliphatic heterocycles. The highest BCUT2D eigenvalue weighted by atomic mass is 35.5. The molecular weight excluding hydrogens is 238 g/mol. The van der Waals surface area contributed by atoms with E-state index in [1.165, 1.54) is 0 Å². The van der Waals surface area contributed by atoms with Crippen LogP contribution >= 0.6 is 11.6 Å². The third-order valence-corrected chi connectivity index (χ3v) is 2.53. The molecule has 0 spiro atoms. The van der Waals surface area contributed by atoms with E-state index < -0.39 is 0 Å². The smallest absolute Gasteiger partial charge is 0.219 e. The maximum absolute atomic E-state index is 8.98. The van der Waals surface area contributed by atoms with Gasteiger partial charge in [0.1, 0.15) is 5.75 Å². The van der Waals surface area contributed by atoms with Gasteiger partial charge in [0.15, 0.2) is 0 Å². The van der Waals surface area contributed by atoms with E-state index >= 15 is 0 Å². The summed E-state index contributed by atoms with van der Waals surface area (Å²) in [7, 11) is 0. The quantitative estimate of drug-likeness (QED) is 0.907. The highest BCUT2D eigenvalue weighted by molar-refractivity contribution is 6.30. The van der Waals surface area contributed by atoms with Crippen molar-refractivity contribution in [3.8, 4) is 11.6 Å². The van der Waals surface area contributed by atoms with Crippen molar-refractivity contribution in [1.82, 2.24) is 4.98 Å². The number of aromatic nitrogens is 1. The van der Waals surface area contributed by atoms with Gasteiger partial charge in [-0.1, -0.05) is 17.7 Å². The standard InChI is InChI=1S/C13H12ClNO2/c1-9-7-10(14)5-6-12(9)17-13-4-2-3-11(8-16)15-13/h2-7,16H,8H2,1H3. The van der Waals surface area contributed by atoms with Crippen molar-refractivity contribution in [3.63, 3.8) is 0 Å². The number of hydrogen-bond acceptors (Lipinski definition) is 3. The van der Waals surface area contributed by atoms with Crippen LogP contribution in [0.1, 0.15) is 11.3 Å². The third-order valence-electron chi connectivity index (χ3n) is 2.29. The second-order valence-corrected chi connectivity index (χ2v) is 4.07. The summed E-state index contributed by atoms with van der Waals surface area (Å²) in [5, 5.41) is 9.66. The molecule has 1 N–H and O–H groups in total. The Hall–Kier alpha value is -1.58. The predicted octanol–water partition coefficient (Wildman–Crippen LogP) is 3.33. The fraction of sp³-hybridized carbons (Fsp3) is 0.154. The number of aliphatic hydroxyl groups is 1. The van der Waals surface area contributed by atoms with E-state index in [9.17, 15) is 0 Å². The predicted molar refractivity (Wildman–Crippen MR) is 66.4 cm³/mol. The number of benzene rings is 1. The van der Waals surface area contributed by atoms with Gasteiger partial charge < -0.3 is 9.84 Å². The summed E-state index contributed by atoms with van der Waals surface area (Å²) < 4.78 is 5.63. The van der Waals surface area contributed by atoms with Gasteiger partial charge in [-0.2, -0.15) is 0 Å². The molecule has 0 unspecified atom stereocenters. The molecule has 0 saturated carbocycles. The molecule has 17 heavy (non-hydrogen) atoms. The normalized spacial score (nSPS) is 10.3. The number of aryl methyl sites for hydroxylation is 1. The van der Waals surface area contributed by atoms with Crippen molar-refractivity contribution >= 4 is 11.6 Å². The summed E-state index contributed by atoms with van der Waals surface area (Å²) in [6.07, 6.45) is 0. The molecule has 4 heteroatoms. The Balaban J connectivity index is 2.25. The number of hydrogen-bond donors (Lipinski definition) is 1. The second kappa shape index (κ2) is 5.17. The molecule has 1 aromatic carbocycles. The van der Waals surface area contributed by atoms with Gasteiger partial charge in [0, 0.05) is 11.1 Å². The van der Waals surface area contributed by atoms with Crippen LogP contribution in [-0.2, 0) is 6.61 Å². The Labute approximate surface area is 105 Å². The fourth-order valence-electron chi connectivity index (χ4n) is 1.44. The van der Waals surface area contributed by atoms with Crippen LogP contribution in [0, 0.1) is 6.92 Å². The Morgan fingerprint density at radius 3 is 2.82 bits per heavy atom. The first-order valence-corrected chi connectivity index (χ1v) is 5.57. The molecule has 2 aromatic rings. The molecule has 0 radical (unpaired) electrons. The van der Waals surface area contributed by atoms with E-state index in [0.29, 0.717) is 22.3 Å². The van der Waals surface area contributed by atoms with Gasteiger partial charge in [0.25, 0.3) is 0 Å². The van der Waals surface area contributed by atoms with Crippen LogP contribution < -0.4 is 4.74 Å². The van der Waals surface area contributed by atoms with E-state index in [0.717, 1.165) is 5.56 Å². The summed E-state index contributed by atoms with van der Waals surface area (Å²) >= 11 is 5.86. The van der Waals surface area contributed by atoms with Crippen LogP contribution in [-0.4, -0.2) is 10.1 Å². The van der Waals surface area contributed by atoms with Crippen LogP contribution in [0.2, 0.25) is 5.02 Å². The molecular formula is C13H12ClNO2. The van der Waals surface area contributed by atoms with Gasteiger partial charge in [-0.25, -0.2) is 4.98 Å². The fourth-order valence-corrected chi connectivity index (χ4v) is 1.67. The molecule has 0 aliphatic rings. The number of rotatable bonds is 3. The summed E-state index contributed by atoms with van der Waals surface area (Å²) in [6, 6.07) is 10.7. The van der Waals surface area contributed by atoms with Crippen molar-refractivity contribution in [1.29, 1.82) is 0 Å². The molecule has 0 amide bonds. The average Bonchev–Trinajstić information content (AvgIpc) is 2.33. The van der Waals surface area contributed by atoms with Gasteiger partial charge in [-0.15, -0.1) is 0 Å². The van der Waals surface area contributed by atoms with E-state index in [1.807, 2.05) is 13.0 Å². The number of pyridine rings is 1. The largest absolute Gasteiger partial charge is 0.439 e. The summed E-state index contributed by atoms with van der Waals surface area (Å²) in [4.78, 5) is 4.14. The lowest BCUT2D eigenvalue weighted by Gasteiger charge is -2.08. The van der Waals surface area contributed by atoms with E-state index in [1.54, 1.807) is 30.3 Å². The zero-order valence-electron chi connectivity index (χ0n) is 9.35. The van der Waals surface area contributed by atoms with Gasteiger partial charge in [0.05, 0.1) is 12.3 Å². The monoisotopic (exact) mass is 249 g/mol. The van der Waals surface area contributed by atoms with Crippen molar-refractivity contribution in [2.24, 2.45) is 0 Å². The van der Waals surface area contributed by atoms with Gasteiger partial charge in [0.2, 0.25) is 5.88 Å². The molecule has 0 bridgehead atoms. The minimum Gasteiger partial charge on any atom is -0.439 e.